The first-order valence-corrected chi connectivity index (χ1v) is 6.80. The molecule has 0 aliphatic carbocycles. The molecule has 2 heteroatoms. The van der Waals surface area contributed by atoms with E-state index in [9.17, 15) is 5.21 Å². The molecule has 1 aromatic carbocycles. The summed E-state index contributed by atoms with van der Waals surface area (Å²) in [5, 5.41) is 11.5. The van der Waals surface area contributed by atoms with E-state index < -0.39 is 0 Å². The fourth-order valence-corrected chi connectivity index (χ4v) is 1.83. The van der Waals surface area contributed by atoms with Crippen LogP contribution in [-0.4, -0.2) is 17.0 Å². The van der Waals surface area contributed by atoms with Crippen LogP contribution in [0.2, 0.25) is 0 Å². The second-order valence-corrected chi connectivity index (χ2v) is 5.60. The van der Waals surface area contributed by atoms with E-state index in [-0.39, 0.29) is 6.04 Å². The van der Waals surface area contributed by atoms with Gasteiger partial charge in [-0.15, -0.1) is 0 Å². The van der Waals surface area contributed by atoms with Crippen molar-refractivity contribution in [2.24, 2.45) is 0 Å². The van der Waals surface area contributed by atoms with E-state index in [1.54, 1.807) is 6.21 Å². The Hall–Kier alpha value is -1.31. The monoisotopic (exact) mass is 247 g/mol. The highest BCUT2D eigenvalue weighted by Gasteiger charge is 2.09. The van der Waals surface area contributed by atoms with Gasteiger partial charge < -0.3 is 5.21 Å². The maximum atomic E-state index is 11.5. The molecule has 0 spiro atoms. The van der Waals surface area contributed by atoms with Gasteiger partial charge >= 0.3 is 0 Å². The first kappa shape index (κ1) is 14.7. The van der Waals surface area contributed by atoms with E-state index in [4.69, 9.17) is 0 Å². The zero-order valence-electron chi connectivity index (χ0n) is 12.2. The minimum atomic E-state index is 0.0270. The molecule has 0 N–H and O–H groups in total. The average molecular weight is 247 g/mol. The first-order valence-electron chi connectivity index (χ1n) is 6.80. The topological polar surface area (TPSA) is 26.1 Å². The van der Waals surface area contributed by atoms with Crippen molar-refractivity contribution in [2.45, 2.75) is 58.9 Å². The van der Waals surface area contributed by atoms with Crippen molar-refractivity contribution in [3.63, 3.8) is 0 Å². The van der Waals surface area contributed by atoms with Crippen LogP contribution in [0, 0.1) is 5.21 Å². The summed E-state index contributed by atoms with van der Waals surface area (Å²) in [6.07, 6.45) is 2.56. The highest BCUT2D eigenvalue weighted by molar-refractivity contribution is 5.53. The minimum absolute atomic E-state index is 0.0270. The van der Waals surface area contributed by atoms with Crippen LogP contribution < -0.4 is 0 Å². The van der Waals surface area contributed by atoms with Crippen LogP contribution in [0.4, 0.5) is 0 Å². The number of rotatable bonds is 5. The third-order valence-corrected chi connectivity index (χ3v) is 3.29. The predicted octanol–water partition coefficient (Wildman–Crippen LogP) is 4.29. The van der Waals surface area contributed by atoms with E-state index in [1.807, 2.05) is 13.8 Å². The average Bonchev–Trinajstić information content (AvgIpc) is 2.35. The Morgan fingerprint density at radius 3 is 2.28 bits per heavy atom. The summed E-state index contributed by atoms with van der Waals surface area (Å²) in [7, 11) is 0. The lowest BCUT2D eigenvalue weighted by Crippen LogP contribution is -2.15. The molecule has 1 atom stereocenters. The van der Waals surface area contributed by atoms with Crippen molar-refractivity contribution in [1.29, 1.82) is 0 Å². The maximum absolute atomic E-state index is 11.5. The third kappa shape index (κ3) is 4.17. The quantitative estimate of drug-likeness (QED) is 0.330. The predicted molar refractivity (Wildman–Crippen MR) is 78.4 cm³/mol. The van der Waals surface area contributed by atoms with E-state index in [0.717, 1.165) is 11.2 Å². The molecule has 1 unspecified atom stereocenters. The molecular formula is C16H25NO. The zero-order chi connectivity index (χ0) is 13.7. The largest absolute Gasteiger partial charge is 0.624 e. The maximum Gasteiger partial charge on any atom is 0.157 e. The molecule has 0 bridgehead atoms. The van der Waals surface area contributed by atoms with Crippen LogP contribution >= 0.6 is 0 Å². The zero-order valence-corrected chi connectivity index (χ0v) is 12.2. The van der Waals surface area contributed by atoms with Crippen molar-refractivity contribution in [2.75, 3.05) is 0 Å². The van der Waals surface area contributed by atoms with Gasteiger partial charge in [-0.2, -0.15) is 0 Å². The van der Waals surface area contributed by atoms with Crippen molar-refractivity contribution < 1.29 is 4.74 Å². The molecule has 0 aliphatic heterocycles. The molecule has 0 aliphatic rings. The highest BCUT2D eigenvalue weighted by Crippen LogP contribution is 2.22. The fraction of sp³-hybridized carbons (Fsp3) is 0.562. The molecule has 18 heavy (non-hydrogen) atoms. The summed E-state index contributed by atoms with van der Waals surface area (Å²) in [5.41, 5.74) is 2.68. The Kier molecular flexibility index (Phi) is 5.39. The smallest absolute Gasteiger partial charge is 0.157 e. The van der Waals surface area contributed by atoms with Crippen molar-refractivity contribution in [3.05, 3.63) is 40.6 Å². The SMILES string of the molecule is CC(C)c1cccc(C(C)CC=[N+]([O-])C(C)C)c1. The van der Waals surface area contributed by atoms with Crippen LogP contribution in [-0.2, 0) is 0 Å². The molecule has 0 saturated carbocycles. The number of hydrogen-bond donors (Lipinski definition) is 0. The molecular weight excluding hydrogens is 222 g/mol. The standard InChI is InChI=1S/C16H25NO/c1-12(2)15-7-6-8-16(11-15)14(5)9-10-17(18)13(3)4/h6-8,10-14H,9H2,1-5H3. The van der Waals surface area contributed by atoms with Crippen LogP contribution in [0.25, 0.3) is 0 Å². The van der Waals surface area contributed by atoms with E-state index in [1.165, 1.54) is 11.1 Å². The highest BCUT2D eigenvalue weighted by atomic mass is 16.5. The Morgan fingerprint density at radius 1 is 1.11 bits per heavy atom. The summed E-state index contributed by atoms with van der Waals surface area (Å²) in [5.74, 6) is 0.937. The second kappa shape index (κ2) is 6.58. The normalized spacial score (nSPS) is 14.3. The van der Waals surface area contributed by atoms with Gasteiger partial charge in [-0.1, -0.05) is 45.0 Å². The lowest BCUT2D eigenvalue weighted by molar-refractivity contribution is -0.488. The van der Waals surface area contributed by atoms with Gasteiger partial charge in [0.15, 0.2) is 12.3 Å². The van der Waals surface area contributed by atoms with Crippen LogP contribution in [0.3, 0.4) is 0 Å². The minimum Gasteiger partial charge on any atom is -0.624 e. The molecule has 0 radical (unpaired) electrons. The number of nitrogens with zero attached hydrogens (tertiary/aromatic N) is 1. The molecule has 1 rings (SSSR count). The van der Waals surface area contributed by atoms with E-state index in [2.05, 4.69) is 45.0 Å². The number of benzene rings is 1. The van der Waals surface area contributed by atoms with Crippen molar-refractivity contribution >= 4 is 6.21 Å². The Bertz CT molecular complexity index is 407. The molecule has 1 aromatic rings. The summed E-state index contributed by atoms with van der Waals surface area (Å²) in [6.45, 7) is 10.4. The van der Waals surface area contributed by atoms with Gasteiger partial charge in [-0.25, -0.2) is 4.74 Å². The van der Waals surface area contributed by atoms with Crippen LogP contribution in [0.5, 0.6) is 0 Å². The fourth-order valence-electron chi connectivity index (χ4n) is 1.83. The summed E-state index contributed by atoms with van der Waals surface area (Å²) in [6, 6.07) is 8.71. The Balaban J connectivity index is 2.75. The van der Waals surface area contributed by atoms with Gasteiger partial charge in [0, 0.05) is 6.42 Å². The van der Waals surface area contributed by atoms with E-state index in [0.29, 0.717) is 11.8 Å². The van der Waals surface area contributed by atoms with Crippen molar-refractivity contribution in [1.82, 2.24) is 0 Å². The molecule has 0 saturated heterocycles. The van der Waals surface area contributed by atoms with E-state index >= 15 is 0 Å². The Morgan fingerprint density at radius 2 is 1.72 bits per heavy atom. The first-order chi connectivity index (χ1) is 8.41. The van der Waals surface area contributed by atoms with Crippen LogP contribution in [0.15, 0.2) is 24.3 Å². The van der Waals surface area contributed by atoms with Gasteiger partial charge in [0.05, 0.1) is 0 Å². The summed E-state index contributed by atoms with van der Waals surface area (Å²) < 4.78 is 1.04. The molecule has 0 amide bonds. The molecule has 0 heterocycles. The molecule has 0 fully saturated rings. The molecule has 2 nitrogen and oxygen atoms in total. The van der Waals surface area contributed by atoms with Gasteiger partial charge in [-0.3, -0.25) is 0 Å². The number of hydrogen-bond acceptors (Lipinski definition) is 1. The number of hydroxylamine groups is 1. The molecule has 100 valence electrons. The second-order valence-electron chi connectivity index (χ2n) is 5.60. The Labute approximate surface area is 111 Å². The lowest BCUT2D eigenvalue weighted by atomic mass is 9.93. The molecule has 0 aromatic heterocycles. The summed E-state index contributed by atoms with van der Waals surface area (Å²) >= 11 is 0. The van der Waals surface area contributed by atoms with Gasteiger partial charge in [-0.05, 0) is 36.8 Å². The van der Waals surface area contributed by atoms with Gasteiger partial charge in [0.25, 0.3) is 0 Å². The van der Waals surface area contributed by atoms with Crippen LogP contribution in [0.1, 0.15) is 64.0 Å². The lowest BCUT2D eigenvalue weighted by Gasteiger charge is -2.13. The van der Waals surface area contributed by atoms with Crippen molar-refractivity contribution in [3.8, 4) is 0 Å². The third-order valence-electron chi connectivity index (χ3n) is 3.29. The summed E-state index contributed by atoms with van der Waals surface area (Å²) in [4.78, 5) is 0. The van der Waals surface area contributed by atoms with Gasteiger partial charge in [0.1, 0.15) is 0 Å². The van der Waals surface area contributed by atoms with Gasteiger partial charge in [0.2, 0.25) is 0 Å².